The van der Waals surface area contributed by atoms with Crippen LogP contribution >= 0.6 is 11.6 Å². The fraction of sp³-hybridized carbons (Fsp3) is 0.0870. The van der Waals surface area contributed by atoms with Gasteiger partial charge in [0.25, 0.3) is 5.91 Å². The van der Waals surface area contributed by atoms with E-state index in [0.717, 1.165) is 5.56 Å². The van der Waals surface area contributed by atoms with Gasteiger partial charge in [-0.3, -0.25) is 4.79 Å². The Morgan fingerprint density at radius 1 is 1.00 bits per heavy atom. The number of hydrogen-bond acceptors (Lipinski definition) is 5. The van der Waals surface area contributed by atoms with Crippen molar-refractivity contribution in [3.05, 3.63) is 94.0 Å². The third kappa shape index (κ3) is 5.24. The number of carbonyl (C=O) groups is 2. The van der Waals surface area contributed by atoms with Gasteiger partial charge in [0.15, 0.2) is 11.5 Å². The number of hydrazone groups is 1. The van der Waals surface area contributed by atoms with Crippen molar-refractivity contribution < 1.29 is 19.1 Å². The van der Waals surface area contributed by atoms with Gasteiger partial charge in [-0.1, -0.05) is 35.9 Å². The Hall–Kier alpha value is -3.64. The van der Waals surface area contributed by atoms with Crippen LogP contribution in [0.5, 0.6) is 11.5 Å². The molecule has 6 nitrogen and oxygen atoms in total. The number of hydrogen-bond donors (Lipinski definition) is 1. The zero-order valence-corrected chi connectivity index (χ0v) is 17.1. The predicted octanol–water partition coefficient (Wildman–Crippen LogP) is 4.64. The molecule has 3 aromatic carbocycles. The van der Waals surface area contributed by atoms with Gasteiger partial charge >= 0.3 is 5.97 Å². The summed E-state index contributed by atoms with van der Waals surface area (Å²) in [5, 5.41) is 4.30. The summed E-state index contributed by atoms with van der Waals surface area (Å²) in [6.07, 6.45) is 1.45. The molecule has 0 aliphatic carbocycles. The van der Waals surface area contributed by atoms with E-state index in [4.69, 9.17) is 21.1 Å². The number of carbonyl (C=O) groups excluding carboxylic acids is 2. The summed E-state index contributed by atoms with van der Waals surface area (Å²) in [5.41, 5.74) is 4.80. The van der Waals surface area contributed by atoms with E-state index in [1.807, 2.05) is 13.0 Å². The fourth-order valence-electron chi connectivity index (χ4n) is 2.61. The first-order chi connectivity index (χ1) is 14.5. The molecule has 0 radical (unpaired) electrons. The average molecular weight is 423 g/mol. The minimum absolute atomic E-state index is 0.277. The molecule has 0 fully saturated rings. The summed E-state index contributed by atoms with van der Waals surface area (Å²) in [6.45, 7) is 1.89. The van der Waals surface area contributed by atoms with Crippen LogP contribution in [0.2, 0.25) is 5.02 Å². The van der Waals surface area contributed by atoms with Gasteiger partial charge in [-0.15, -0.1) is 0 Å². The number of esters is 1. The van der Waals surface area contributed by atoms with E-state index >= 15 is 0 Å². The standard InChI is InChI=1S/C23H19ClN2O4/c1-15-8-10-18(19(24)12-15)22(27)26-25-14-16-9-11-20(21(13-16)29-2)30-23(28)17-6-4-3-5-7-17/h3-14H,1-2H3,(H,26,27)/b25-14-. The van der Waals surface area contributed by atoms with E-state index in [9.17, 15) is 9.59 Å². The normalized spacial score (nSPS) is 10.6. The van der Waals surface area contributed by atoms with Crippen LogP contribution in [-0.4, -0.2) is 25.2 Å². The highest BCUT2D eigenvalue weighted by molar-refractivity contribution is 6.33. The van der Waals surface area contributed by atoms with Crippen molar-refractivity contribution in [3.8, 4) is 11.5 Å². The van der Waals surface area contributed by atoms with Crippen molar-refractivity contribution in [2.45, 2.75) is 6.92 Å². The molecule has 30 heavy (non-hydrogen) atoms. The quantitative estimate of drug-likeness (QED) is 0.272. The van der Waals surface area contributed by atoms with Crippen LogP contribution in [0.15, 0.2) is 71.8 Å². The Bertz CT molecular complexity index is 1100. The molecule has 3 aromatic rings. The molecular formula is C23H19ClN2O4. The molecule has 152 valence electrons. The van der Waals surface area contributed by atoms with E-state index in [1.165, 1.54) is 13.3 Å². The van der Waals surface area contributed by atoms with Crippen molar-refractivity contribution in [2.24, 2.45) is 5.10 Å². The number of rotatable bonds is 6. The third-order valence-electron chi connectivity index (χ3n) is 4.15. The molecule has 3 rings (SSSR count). The van der Waals surface area contributed by atoms with Crippen LogP contribution < -0.4 is 14.9 Å². The summed E-state index contributed by atoms with van der Waals surface area (Å²) in [5.74, 6) is -0.274. The summed E-state index contributed by atoms with van der Waals surface area (Å²) in [6, 6.07) is 18.7. The van der Waals surface area contributed by atoms with Crippen molar-refractivity contribution in [1.29, 1.82) is 0 Å². The first-order valence-electron chi connectivity index (χ1n) is 9.03. The number of methoxy groups -OCH3 is 1. The first-order valence-corrected chi connectivity index (χ1v) is 9.40. The molecule has 0 aromatic heterocycles. The van der Waals surface area contributed by atoms with Gasteiger partial charge in [-0.25, -0.2) is 10.2 Å². The number of aryl methyl sites for hydroxylation is 1. The second-order valence-electron chi connectivity index (χ2n) is 6.35. The van der Waals surface area contributed by atoms with Crippen LogP contribution in [0.25, 0.3) is 0 Å². The zero-order valence-electron chi connectivity index (χ0n) is 16.4. The molecule has 7 heteroatoms. The second kappa shape index (κ2) is 9.71. The topological polar surface area (TPSA) is 77.0 Å². The summed E-state index contributed by atoms with van der Waals surface area (Å²) in [7, 11) is 1.47. The average Bonchev–Trinajstić information content (AvgIpc) is 2.75. The van der Waals surface area contributed by atoms with Gasteiger partial charge in [0.1, 0.15) is 0 Å². The molecule has 0 saturated heterocycles. The van der Waals surface area contributed by atoms with E-state index in [0.29, 0.717) is 27.5 Å². The number of halogens is 1. The van der Waals surface area contributed by atoms with E-state index in [-0.39, 0.29) is 5.75 Å². The summed E-state index contributed by atoms with van der Waals surface area (Å²) in [4.78, 5) is 24.4. The van der Waals surface area contributed by atoms with Crippen molar-refractivity contribution in [2.75, 3.05) is 7.11 Å². The summed E-state index contributed by atoms with van der Waals surface area (Å²) < 4.78 is 10.7. The van der Waals surface area contributed by atoms with Gasteiger partial charge in [0, 0.05) is 0 Å². The van der Waals surface area contributed by atoms with Gasteiger partial charge in [0.2, 0.25) is 0 Å². The van der Waals surface area contributed by atoms with Crippen molar-refractivity contribution in [3.63, 3.8) is 0 Å². The SMILES string of the molecule is COc1cc(/C=N\NC(=O)c2ccc(C)cc2Cl)ccc1OC(=O)c1ccccc1. The van der Waals surface area contributed by atoms with Crippen LogP contribution in [0.1, 0.15) is 31.8 Å². The maximum Gasteiger partial charge on any atom is 0.343 e. The highest BCUT2D eigenvalue weighted by Crippen LogP contribution is 2.28. The Kier molecular flexibility index (Phi) is 6.83. The van der Waals surface area contributed by atoms with E-state index < -0.39 is 11.9 Å². The van der Waals surface area contributed by atoms with E-state index in [2.05, 4.69) is 10.5 Å². The van der Waals surface area contributed by atoms with Gasteiger partial charge in [-0.05, 0) is 60.5 Å². The van der Waals surface area contributed by atoms with Crippen molar-refractivity contribution in [1.82, 2.24) is 5.43 Å². The zero-order chi connectivity index (χ0) is 21.5. The number of nitrogens with zero attached hydrogens (tertiary/aromatic N) is 1. The van der Waals surface area contributed by atoms with Crippen LogP contribution in [0.4, 0.5) is 0 Å². The molecule has 0 heterocycles. The molecule has 0 aliphatic heterocycles. The molecule has 0 bridgehead atoms. The number of ether oxygens (including phenoxy) is 2. The lowest BCUT2D eigenvalue weighted by molar-refractivity contribution is 0.0729. The van der Waals surface area contributed by atoms with Gasteiger partial charge in [-0.2, -0.15) is 5.10 Å². The Balaban J connectivity index is 1.68. The smallest absolute Gasteiger partial charge is 0.343 e. The fourth-order valence-corrected chi connectivity index (χ4v) is 2.93. The molecular weight excluding hydrogens is 404 g/mol. The first kappa shape index (κ1) is 21.1. The lowest BCUT2D eigenvalue weighted by Gasteiger charge is -2.10. The van der Waals surface area contributed by atoms with Crippen LogP contribution in [0.3, 0.4) is 0 Å². The number of benzene rings is 3. The largest absolute Gasteiger partial charge is 0.493 e. The Labute approximate surface area is 179 Å². The number of nitrogens with one attached hydrogen (secondary N) is 1. The van der Waals surface area contributed by atoms with E-state index in [1.54, 1.807) is 60.7 Å². The maximum absolute atomic E-state index is 12.2. The van der Waals surface area contributed by atoms with Gasteiger partial charge < -0.3 is 9.47 Å². The van der Waals surface area contributed by atoms with Crippen LogP contribution in [0, 0.1) is 6.92 Å². The predicted molar refractivity (Wildman–Crippen MR) is 116 cm³/mol. The monoisotopic (exact) mass is 422 g/mol. The highest BCUT2D eigenvalue weighted by Gasteiger charge is 2.13. The molecule has 0 spiro atoms. The van der Waals surface area contributed by atoms with Crippen molar-refractivity contribution >= 4 is 29.7 Å². The minimum atomic E-state index is -0.488. The second-order valence-corrected chi connectivity index (χ2v) is 6.76. The Morgan fingerprint density at radius 3 is 2.47 bits per heavy atom. The third-order valence-corrected chi connectivity index (χ3v) is 4.46. The molecule has 0 atom stereocenters. The lowest BCUT2D eigenvalue weighted by atomic mass is 10.1. The Morgan fingerprint density at radius 2 is 1.77 bits per heavy atom. The van der Waals surface area contributed by atoms with Gasteiger partial charge in [0.05, 0.1) is 29.5 Å². The maximum atomic E-state index is 12.2. The molecule has 1 N–H and O–H groups in total. The minimum Gasteiger partial charge on any atom is -0.493 e. The summed E-state index contributed by atoms with van der Waals surface area (Å²) >= 11 is 6.09. The van der Waals surface area contributed by atoms with Crippen LogP contribution in [-0.2, 0) is 0 Å². The lowest BCUT2D eigenvalue weighted by Crippen LogP contribution is -2.18. The number of amides is 1. The highest BCUT2D eigenvalue weighted by atomic mass is 35.5. The molecule has 0 unspecified atom stereocenters. The molecule has 0 saturated carbocycles. The molecule has 0 aliphatic rings. The molecule has 1 amide bonds.